The molecule has 0 saturated heterocycles. The van der Waals surface area contributed by atoms with Gasteiger partial charge in [-0.05, 0) is 47.1 Å². The standard InChI is InChI=1S/C22H22N2OS/c1-23-16-19(15-17-9-12-24(13-10-17)11-4-14-25)26-22-20-6-3-2-5-18(20)7-8-21(22)23/h2-3,5-10,12-13,15-16,25H,4,11,14H2,1H3. The summed E-state index contributed by atoms with van der Waals surface area (Å²) in [5.74, 6) is 0. The number of hydrogen-bond acceptors (Lipinski definition) is 4. The van der Waals surface area contributed by atoms with Gasteiger partial charge in [-0.25, -0.2) is 0 Å². The van der Waals surface area contributed by atoms with Crippen molar-refractivity contribution >= 4 is 28.2 Å². The van der Waals surface area contributed by atoms with Gasteiger partial charge in [0.25, 0.3) is 0 Å². The van der Waals surface area contributed by atoms with Crippen LogP contribution in [0.15, 0.2) is 88.6 Å². The maximum Gasteiger partial charge on any atom is 0.0552 e. The Labute approximate surface area is 158 Å². The molecule has 0 spiro atoms. The van der Waals surface area contributed by atoms with E-state index in [-0.39, 0.29) is 6.61 Å². The Hall–Kier alpha value is -2.43. The van der Waals surface area contributed by atoms with Crippen LogP contribution >= 0.6 is 11.8 Å². The van der Waals surface area contributed by atoms with Gasteiger partial charge in [-0.1, -0.05) is 42.1 Å². The highest BCUT2D eigenvalue weighted by atomic mass is 32.2. The lowest BCUT2D eigenvalue weighted by atomic mass is 10.1. The van der Waals surface area contributed by atoms with Crippen molar-refractivity contribution in [1.29, 1.82) is 0 Å². The number of aliphatic hydroxyl groups is 1. The SMILES string of the molecule is CN1C=C(C=C2C=CN(CCCO)C=C2)Sc2c1ccc1ccccc21. The maximum absolute atomic E-state index is 8.94. The Morgan fingerprint density at radius 1 is 1.08 bits per heavy atom. The van der Waals surface area contributed by atoms with Crippen LogP contribution in [0.3, 0.4) is 0 Å². The molecule has 0 saturated carbocycles. The van der Waals surface area contributed by atoms with E-state index < -0.39 is 0 Å². The van der Waals surface area contributed by atoms with Gasteiger partial charge in [0.15, 0.2) is 0 Å². The van der Waals surface area contributed by atoms with Crippen LogP contribution in [-0.4, -0.2) is 30.2 Å². The quantitative estimate of drug-likeness (QED) is 0.839. The highest BCUT2D eigenvalue weighted by Crippen LogP contribution is 2.44. The summed E-state index contributed by atoms with van der Waals surface area (Å²) in [5, 5.41) is 11.5. The lowest BCUT2D eigenvalue weighted by molar-refractivity contribution is 0.274. The number of thioether (sulfide) groups is 1. The van der Waals surface area contributed by atoms with Crippen LogP contribution < -0.4 is 4.90 Å². The number of aliphatic hydroxyl groups excluding tert-OH is 1. The monoisotopic (exact) mass is 362 g/mol. The number of hydrogen-bond donors (Lipinski definition) is 1. The van der Waals surface area contributed by atoms with E-state index in [4.69, 9.17) is 5.11 Å². The van der Waals surface area contributed by atoms with Crippen molar-refractivity contribution in [1.82, 2.24) is 4.90 Å². The Morgan fingerprint density at radius 2 is 1.88 bits per heavy atom. The normalized spacial score (nSPS) is 16.1. The lowest BCUT2D eigenvalue weighted by Gasteiger charge is -2.26. The third-order valence-corrected chi connectivity index (χ3v) is 5.67. The molecule has 3 nitrogen and oxygen atoms in total. The van der Waals surface area contributed by atoms with Gasteiger partial charge in [-0.3, -0.25) is 0 Å². The second-order valence-electron chi connectivity index (χ2n) is 6.47. The molecule has 0 atom stereocenters. The Kier molecular flexibility index (Phi) is 4.87. The lowest BCUT2D eigenvalue weighted by Crippen LogP contribution is -2.14. The minimum absolute atomic E-state index is 0.226. The molecule has 2 aromatic rings. The highest BCUT2D eigenvalue weighted by Gasteiger charge is 2.17. The van der Waals surface area contributed by atoms with Gasteiger partial charge in [0, 0.05) is 48.6 Å². The van der Waals surface area contributed by atoms with E-state index in [2.05, 4.69) is 90.1 Å². The topological polar surface area (TPSA) is 26.7 Å². The number of anilines is 1. The largest absolute Gasteiger partial charge is 0.396 e. The van der Waals surface area contributed by atoms with Crippen molar-refractivity contribution in [3.05, 3.63) is 83.7 Å². The van der Waals surface area contributed by atoms with Crippen molar-refractivity contribution in [2.75, 3.05) is 25.1 Å². The van der Waals surface area contributed by atoms with Gasteiger partial charge in [0.2, 0.25) is 0 Å². The number of rotatable bonds is 4. The van der Waals surface area contributed by atoms with Gasteiger partial charge in [-0.15, -0.1) is 0 Å². The second kappa shape index (κ2) is 7.44. The fourth-order valence-corrected chi connectivity index (χ4v) is 4.47. The Morgan fingerprint density at radius 3 is 2.69 bits per heavy atom. The Bertz CT molecular complexity index is 926. The van der Waals surface area contributed by atoms with Crippen LogP contribution in [0.2, 0.25) is 0 Å². The van der Waals surface area contributed by atoms with Crippen LogP contribution in [0, 0.1) is 0 Å². The van der Waals surface area contributed by atoms with Crippen LogP contribution in [0.1, 0.15) is 6.42 Å². The third kappa shape index (κ3) is 3.43. The molecule has 1 N–H and O–H groups in total. The minimum Gasteiger partial charge on any atom is -0.396 e. The van der Waals surface area contributed by atoms with Crippen molar-refractivity contribution in [2.24, 2.45) is 0 Å². The summed E-state index contributed by atoms with van der Waals surface area (Å²) in [6, 6.07) is 12.9. The van der Waals surface area contributed by atoms with E-state index in [1.807, 2.05) is 11.8 Å². The summed E-state index contributed by atoms with van der Waals surface area (Å²) >= 11 is 1.83. The molecule has 0 bridgehead atoms. The van der Waals surface area contributed by atoms with E-state index in [0.717, 1.165) is 13.0 Å². The summed E-state index contributed by atoms with van der Waals surface area (Å²) in [7, 11) is 2.11. The summed E-state index contributed by atoms with van der Waals surface area (Å²) in [6.45, 7) is 1.07. The minimum atomic E-state index is 0.226. The van der Waals surface area contributed by atoms with E-state index >= 15 is 0 Å². The number of fused-ring (bicyclic) bond motifs is 3. The summed E-state index contributed by atoms with van der Waals surface area (Å²) < 4.78 is 0. The zero-order valence-corrected chi connectivity index (χ0v) is 15.6. The zero-order valence-electron chi connectivity index (χ0n) is 14.8. The summed E-state index contributed by atoms with van der Waals surface area (Å²) in [6.07, 6.45) is 13.6. The van der Waals surface area contributed by atoms with Gasteiger partial charge in [0.1, 0.15) is 0 Å². The van der Waals surface area contributed by atoms with Gasteiger partial charge in [0.05, 0.1) is 5.69 Å². The third-order valence-electron chi connectivity index (χ3n) is 4.58. The fraction of sp³-hybridized carbons (Fsp3) is 0.182. The molecule has 0 aromatic heterocycles. The molecule has 2 aromatic carbocycles. The van der Waals surface area contributed by atoms with E-state index in [1.165, 1.54) is 31.8 Å². The first-order valence-electron chi connectivity index (χ1n) is 8.83. The molecule has 132 valence electrons. The van der Waals surface area contributed by atoms with Gasteiger partial charge < -0.3 is 14.9 Å². The van der Waals surface area contributed by atoms with E-state index in [1.54, 1.807) is 0 Å². The molecule has 2 aliphatic rings. The van der Waals surface area contributed by atoms with Crippen molar-refractivity contribution < 1.29 is 5.11 Å². The first kappa shape index (κ1) is 17.0. The molecule has 0 aliphatic carbocycles. The number of nitrogens with zero attached hydrogens (tertiary/aromatic N) is 2. The molecular formula is C22H22N2OS. The second-order valence-corrected chi connectivity index (χ2v) is 7.55. The first-order valence-corrected chi connectivity index (χ1v) is 9.65. The van der Waals surface area contributed by atoms with Crippen molar-refractivity contribution in [3.63, 3.8) is 0 Å². The smallest absolute Gasteiger partial charge is 0.0552 e. The van der Waals surface area contributed by atoms with Crippen LogP contribution in [-0.2, 0) is 0 Å². The van der Waals surface area contributed by atoms with E-state index in [0.29, 0.717) is 0 Å². The molecule has 0 unspecified atom stereocenters. The predicted molar refractivity (Wildman–Crippen MR) is 111 cm³/mol. The number of allylic oxidation sites excluding steroid dienone is 4. The van der Waals surface area contributed by atoms with Crippen LogP contribution in [0.5, 0.6) is 0 Å². The van der Waals surface area contributed by atoms with Crippen LogP contribution in [0.4, 0.5) is 5.69 Å². The molecule has 0 amide bonds. The van der Waals surface area contributed by atoms with Crippen LogP contribution in [0.25, 0.3) is 10.8 Å². The molecule has 0 fully saturated rings. The zero-order chi connectivity index (χ0) is 17.9. The molecule has 2 aliphatic heterocycles. The maximum atomic E-state index is 8.94. The van der Waals surface area contributed by atoms with Crippen molar-refractivity contribution in [2.45, 2.75) is 11.3 Å². The average molecular weight is 362 g/mol. The summed E-state index contributed by atoms with van der Waals surface area (Å²) in [4.78, 5) is 6.84. The molecule has 26 heavy (non-hydrogen) atoms. The average Bonchev–Trinajstić information content (AvgIpc) is 2.67. The van der Waals surface area contributed by atoms with E-state index in [9.17, 15) is 0 Å². The Balaban J connectivity index is 1.59. The predicted octanol–water partition coefficient (Wildman–Crippen LogP) is 4.87. The summed E-state index contributed by atoms with van der Waals surface area (Å²) in [5.41, 5.74) is 2.43. The highest BCUT2D eigenvalue weighted by molar-refractivity contribution is 8.03. The number of benzene rings is 2. The first-order chi connectivity index (χ1) is 12.7. The molecule has 2 heterocycles. The van der Waals surface area contributed by atoms with Gasteiger partial charge >= 0.3 is 0 Å². The van der Waals surface area contributed by atoms with Gasteiger partial charge in [-0.2, -0.15) is 0 Å². The molecule has 4 rings (SSSR count). The molecule has 4 heteroatoms. The van der Waals surface area contributed by atoms with Crippen molar-refractivity contribution in [3.8, 4) is 0 Å². The molecular weight excluding hydrogens is 340 g/mol. The molecule has 0 radical (unpaired) electrons. The fourth-order valence-electron chi connectivity index (χ4n) is 3.22.